The van der Waals surface area contributed by atoms with Gasteiger partial charge in [-0.3, -0.25) is 0 Å². The number of nitrogens with zero attached hydrogens (tertiary/aromatic N) is 1. The molecule has 19 heavy (non-hydrogen) atoms. The van der Waals surface area contributed by atoms with Gasteiger partial charge in [-0.1, -0.05) is 13.8 Å². The van der Waals surface area contributed by atoms with E-state index >= 15 is 0 Å². The normalized spacial score (nSPS) is 25.5. The van der Waals surface area contributed by atoms with Crippen molar-refractivity contribution >= 4 is 10.0 Å². The summed E-state index contributed by atoms with van der Waals surface area (Å²) in [7, 11) is -3.88. The molecule has 0 bridgehead atoms. The molecular formula is C13H17F2NO2S. The van der Waals surface area contributed by atoms with Crippen LogP contribution >= 0.6 is 0 Å². The van der Waals surface area contributed by atoms with E-state index in [1.807, 2.05) is 13.8 Å². The SMILES string of the molecule is CC1CC(C)CN(S(=O)(=O)c2ccc(F)cc2F)C1. The molecule has 0 saturated carbocycles. The topological polar surface area (TPSA) is 37.4 Å². The van der Waals surface area contributed by atoms with Crippen LogP contribution in [0.3, 0.4) is 0 Å². The fourth-order valence-electron chi connectivity index (χ4n) is 2.63. The Balaban J connectivity index is 2.36. The van der Waals surface area contributed by atoms with E-state index < -0.39 is 26.6 Å². The van der Waals surface area contributed by atoms with Gasteiger partial charge in [-0.15, -0.1) is 0 Å². The Morgan fingerprint density at radius 1 is 1.16 bits per heavy atom. The first-order valence-corrected chi connectivity index (χ1v) is 7.70. The number of rotatable bonds is 2. The smallest absolute Gasteiger partial charge is 0.207 e. The average Bonchev–Trinajstić information content (AvgIpc) is 2.26. The van der Waals surface area contributed by atoms with Crippen LogP contribution in [-0.2, 0) is 10.0 Å². The van der Waals surface area contributed by atoms with Crippen molar-refractivity contribution in [1.29, 1.82) is 0 Å². The summed E-state index contributed by atoms with van der Waals surface area (Å²) in [5.74, 6) is -1.34. The van der Waals surface area contributed by atoms with E-state index in [2.05, 4.69) is 0 Å². The minimum Gasteiger partial charge on any atom is -0.207 e. The van der Waals surface area contributed by atoms with Crippen molar-refractivity contribution in [2.45, 2.75) is 25.2 Å². The lowest BCUT2D eigenvalue weighted by Crippen LogP contribution is -2.42. The van der Waals surface area contributed by atoms with Gasteiger partial charge in [-0.05, 0) is 30.4 Å². The Morgan fingerprint density at radius 3 is 2.26 bits per heavy atom. The van der Waals surface area contributed by atoms with Crippen LogP contribution in [0.4, 0.5) is 8.78 Å². The first kappa shape index (κ1) is 14.4. The fourth-order valence-corrected chi connectivity index (χ4v) is 4.35. The Hall–Kier alpha value is -1.01. The largest absolute Gasteiger partial charge is 0.246 e. The van der Waals surface area contributed by atoms with Crippen LogP contribution in [0.15, 0.2) is 23.1 Å². The Morgan fingerprint density at radius 2 is 1.74 bits per heavy atom. The van der Waals surface area contributed by atoms with Gasteiger partial charge in [0, 0.05) is 19.2 Å². The first-order valence-electron chi connectivity index (χ1n) is 6.26. The lowest BCUT2D eigenvalue weighted by atomic mass is 9.94. The second-order valence-corrected chi connectivity index (χ2v) is 7.25. The van der Waals surface area contributed by atoms with Gasteiger partial charge < -0.3 is 0 Å². The van der Waals surface area contributed by atoms with Crippen LogP contribution in [0.2, 0.25) is 0 Å². The molecule has 1 aliphatic heterocycles. The van der Waals surface area contributed by atoms with Crippen LogP contribution in [-0.4, -0.2) is 25.8 Å². The molecule has 3 nitrogen and oxygen atoms in total. The minimum absolute atomic E-state index is 0.238. The molecule has 0 amide bonds. The zero-order chi connectivity index (χ0) is 14.2. The maximum absolute atomic E-state index is 13.6. The van der Waals surface area contributed by atoms with Crippen LogP contribution < -0.4 is 0 Å². The molecule has 2 rings (SSSR count). The van der Waals surface area contributed by atoms with Gasteiger partial charge in [0.15, 0.2) is 0 Å². The molecule has 0 aromatic heterocycles. The molecular weight excluding hydrogens is 272 g/mol. The summed E-state index contributed by atoms with van der Waals surface area (Å²) in [5.41, 5.74) is 0. The van der Waals surface area contributed by atoms with E-state index in [0.717, 1.165) is 18.6 Å². The Kier molecular flexibility index (Phi) is 3.92. The predicted molar refractivity (Wildman–Crippen MR) is 68.1 cm³/mol. The van der Waals surface area contributed by atoms with Crippen molar-refractivity contribution < 1.29 is 17.2 Å². The second-order valence-electron chi connectivity index (χ2n) is 5.34. The van der Waals surface area contributed by atoms with Crippen LogP contribution in [0.25, 0.3) is 0 Å². The van der Waals surface area contributed by atoms with Crippen molar-refractivity contribution in [3.05, 3.63) is 29.8 Å². The van der Waals surface area contributed by atoms with Crippen molar-refractivity contribution in [2.24, 2.45) is 11.8 Å². The summed E-state index contributed by atoms with van der Waals surface area (Å²) >= 11 is 0. The molecule has 1 heterocycles. The highest BCUT2D eigenvalue weighted by Gasteiger charge is 2.33. The lowest BCUT2D eigenvalue weighted by Gasteiger charge is -2.34. The third-order valence-electron chi connectivity index (χ3n) is 3.35. The summed E-state index contributed by atoms with van der Waals surface area (Å²) in [4.78, 5) is -0.449. The average molecular weight is 289 g/mol. The van der Waals surface area contributed by atoms with Crippen LogP contribution in [0.5, 0.6) is 0 Å². The maximum Gasteiger partial charge on any atom is 0.246 e. The fraction of sp³-hybridized carbons (Fsp3) is 0.538. The van der Waals surface area contributed by atoms with Gasteiger partial charge in [0.1, 0.15) is 16.5 Å². The number of sulfonamides is 1. The van der Waals surface area contributed by atoms with Gasteiger partial charge in [-0.2, -0.15) is 4.31 Å². The molecule has 1 aliphatic rings. The summed E-state index contributed by atoms with van der Waals surface area (Å²) < 4.78 is 52.5. The quantitative estimate of drug-likeness (QED) is 0.839. The Bertz CT molecular complexity index is 564. The number of benzene rings is 1. The van der Waals surface area contributed by atoms with E-state index in [0.29, 0.717) is 19.2 Å². The number of piperidine rings is 1. The zero-order valence-corrected chi connectivity index (χ0v) is 11.8. The highest BCUT2D eigenvalue weighted by atomic mass is 32.2. The van der Waals surface area contributed by atoms with Crippen molar-refractivity contribution in [2.75, 3.05) is 13.1 Å². The molecule has 0 spiro atoms. The van der Waals surface area contributed by atoms with Gasteiger partial charge in [0.2, 0.25) is 10.0 Å². The van der Waals surface area contributed by atoms with Crippen molar-refractivity contribution in [1.82, 2.24) is 4.31 Å². The van der Waals surface area contributed by atoms with Gasteiger partial charge in [0.25, 0.3) is 0 Å². The van der Waals surface area contributed by atoms with E-state index in [9.17, 15) is 17.2 Å². The van der Waals surface area contributed by atoms with Gasteiger partial charge >= 0.3 is 0 Å². The van der Waals surface area contributed by atoms with E-state index in [1.54, 1.807) is 0 Å². The van der Waals surface area contributed by atoms with Crippen LogP contribution in [0, 0.1) is 23.5 Å². The zero-order valence-electron chi connectivity index (χ0n) is 10.9. The van der Waals surface area contributed by atoms with Gasteiger partial charge in [0.05, 0.1) is 0 Å². The van der Waals surface area contributed by atoms with E-state index in [1.165, 1.54) is 4.31 Å². The third kappa shape index (κ3) is 2.95. The highest BCUT2D eigenvalue weighted by molar-refractivity contribution is 7.89. The predicted octanol–water partition coefficient (Wildman–Crippen LogP) is 2.63. The molecule has 6 heteroatoms. The van der Waals surface area contributed by atoms with E-state index in [4.69, 9.17) is 0 Å². The maximum atomic E-state index is 13.6. The lowest BCUT2D eigenvalue weighted by molar-refractivity contribution is 0.222. The standard InChI is InChI=1S/C13H17F2NO2S/c1-9-5-10(2)8-16(7-9)19(17,18)13-4-3-11(14)6-12(13)15/h3-4,6,9-10H,5,7-8H2,1-2H3. The summed E-state index contributed by atoms with van der Waals surface area (Å²) in [5, 5.41) is 0. The third-order valence-corrected chi connectivity index (χ3v) is 5.21. The molecule has 1 aromatic rings. The van der Waals surface area contributed by atoms with Crippen LogP contribution in [0.1, 0.15) is 20.3 Å². The number of hydrogen-bond acceptors (Lipinski definition) is 2. The summed E-state index contributed by atoms with van der Waals surface area (Å²) in [6.45, 7) is 4.70. The number of hydrogen-bond donors (Lipinski definition) is 0. The summed E-state index contributed by atoms with van der Waals surface area (Å²) in [6, 6.07) is 2.56. The molecule has 1 aromatic carbocycles. The molecule has 106 valence electrons. The van der Waals surface area contributed by atoms with Crippen molar-refractivity contribution in [3.63, 3.8) is 0 Å². The van der Waals surface area contributed by atoms with Gasteiger partial charge in [-0.25, -0.2) is 17.2 Å². The molecule has 1 saturated heterocycles. The first-order chi connectivity index (χ1) is 8.80. The molecule has 0 radical (unpaired) electrons. The molecule has 0 N–H and O–H groups in total. The Labute approximate surface area is 112 Å². The molecule has 2 atom stereocenters. The van der Waals surface area contributed by atoms with E-state index in [-0.39, 0.29) is 11.8 Å². The van der Waals surface area contributed by atoms with Crippen molar-refractivity contribution in [3.8, 4) is 0 Å². The minimum atomic E-state index is -3.88. The number of halogens is 2. The molecule has 1 fully saturated rings. The molecule has 2 unspecified atom stereocenters. The molecule has 0 aliphatic carbocycles. The summed E-state index contributed by atoms with van der Waals surface area (Å²) in [6.07, 6.45) is 0.956. The highest BCUT2D eigenvalue weighted by Crippen LogP contribution is 2.27. The second kappa shape index (κ2) is 5.17. The monoisotopic (exact) mass is 289 g/mol.